The van der Waals surface area contributed by atoms with Crippen molar-refractivity contribution in [3.63, 3.8) is 0 Å². The zero-order chi connectivity index (χ0) is 77.4. The van der Waals surface area contributed by atoms with Crippen LogP contribution in [-0.4, -0.2) is 96.7 Å². The molecule has 3 N–H and O–H groups in total. The summed E-state index contributed by atoms with van der Waals surface area (Å²) in [5, 5.41) is 10.7. The molecule has 0 bridgehead atoms. The lowest BCUT2D eigenvalue weighted by Gasteiger charge is -2.21. The number of phosphoric acid groups is 2. The maximum Gasteiger partial charge on any atom is 0.472 e. The van der Waals surface area contributed by atoms with E-state index in [-0.39, 0.29) is 25.7 Å². The van der Waals surface area contributed by atoms with Crippen molar-refractivity contribution >= 4 is 39.5 Å². The first-order valence-corrected chi connectivity index (χ1v) is 44.1. The van der Waals surface area contributed by atoms with Crippen LogP contribution >= 0.6 is 15.6 Å². The Bertz CT molecular complexity index is 2580. The van der Waals surface area contributed by atoms with E-state index >= 15 is 0 Å². The van der Waals surface area contributed by atoms with Gasteiger partial charge < -0.3 is 33.8 Å². The molecule has 5 atom stereocenters. The van der Waals surface area contributed by atoms with Crippen LogP contribution in [0.2, 0.25) is 0 Å². The zero-order valence-electron chi connectivity index (χ0n) is 66.3. The third-order valence-electron chi connectivity index (χ3n) is 16.8. The highest BCUT2D eigenvalue weighted by Gasteiger charge is 2.30. The van der Waals surface area contributed by atoms with E-state index in [9.17, 15) is 43.2 Å². The number of aliphatic hydroxyl groups is 1. The van der Waals surface area contributed by atoms with Crippen molar-refractivity contribution in [3.8, 4) is 0 Å². The third kappa shape index (κ3) is 77.1. The minimum Gasteiger partial charge on any atom is -0.462 e. The molecule has 0 aromatic rings. The van der Waals surface area contributed by atoms with Crippen LogP contribution in [0.5, 0.6) is 0 Å². The Morgan fingerprint density at radius 3 is 0.877 bits per heavy atom. The first-order valence-electron chi connectivity index (χ1n) is 41.1. The van der Waals surface area contributed by atoms with Gasteiger partial charge in [-0.15, -0.1) is 0 Å². The third-order valence-corrected chi connectivity index (χ3v) is 18.7. The normalized spacial score (nSPS) is 14.6. The SMILES string of the molecule is CC/C=C\C/C=C\C/C=C\C/C=C\C/C=C\C/C=C\CCC(=O)OC[C@H](COP(=O)(O)OC[C@@H](O)COP(=O)(O)OC[C@@H](COC(=O)CCC/C=C\C/C=C\C/C=C\C/C=C\CCCCC)OC(=O)CCCCCCCCC/C=C\CCCCCC)OC(=O)CCCCCCC/C=C\CCCCCCCC. The average Bonchev–Trinajstić information content (AvgIpc) is 0.909. The second kappa shape index (κ2) is 78.1. The average molecular weight is 1530 g/mol. The minimum atomic E-state index is -5.00. The van der Waals surface area contributed by atoms with Gasteiger partial charge in [-0.3, -0.25) is 37.3 Å². The molecule has 0 saturated carbocycles. The van der Waals surface area contributed by atoms with Gasteiger partial charge in [0, 0.05) is 25.7 Å². The maximum atomic E-state index is 13.1. The number of carbonyl (C=O) groups excluding carboxylic acids is 4. The molecule has 0 aliphatic rings. The molecular formula is C87H146O17P2. The summed E-state index contributed by atoms with van der Waals surface area (Å²) in [5.74, 6) is -2.35. The molecule has 606 valence electrons. The summed E-state index contributed by atoms with van der Waals surface area (Å²) >= 11 is 0. The highest BCUT2D eigenvalue weighted by Crippen LogP contribution is 2.45. The monoisotopic (exact) mass is 1530 g/mol. The molecule has 0 amide bonds. The summed E-state index contributed by atoms with van der Waals surface area (Å²) < 4.78 is 68.5. The van der Waals surface area contributed by atoms with E-state index in [1.807, 2.05) is 30.4 Å². The molecule has 0 spiro atoms. The number of hydrogen-bond donors (Lipinski definition) is 3. The summed E-state index contributed by atoms with van der Waals surface area (Å²) in [6.07, 6.45) is 89.8. The van der Waals surface area contributed by atoms with E-state index in [2.05, 4.69) is 143 Å². The number of unbranched alkanes of at least 4 members (excludes halogenated alkanes) is 26. The van der Waals surface area contributed by atoms with E-state index < -0.39 is 97.5 Å². The Kier molecular flexibility index (Phi) is 74.3. The number of ether oxygens (including phenoxy) is 4. The van der Waals surface area contributed by atoms with Crippen LogP contribution in [0.4, 0.5) is 0 Å². The Morgan fingerprint density at radius 1 is 0.274 bits per heavy atom. The van der Waals surface area contributed by atoms with Gasteiger partial charge >= 0.3 is 39.5 Å². The molecule has 19 heteroatoms. The molecule has 0 heterocycles. The summed E-state index contributed by atoms with van der Waals surface area (Å²) in [7, 11) is -10.0. The molecule has 0 aliphatic heterocycles. The molecule has 0 saturated heterocycles. The van der Waals surface area contributed by atoms with Crippen LogP contribution in [0.25, 0.3) is 0 Å². The van der Waals surface area contributed by atoms with Gasteiger partial charge in [0.1, 0.15) is 19.3 Å². The van der Waals surface area contributed by atoms with Gasteiger partial charge in [0.15, 0.2) is 12.2 Å². The summed E-state index contributed by atoms with van der Waals surface area (Å²) in [6.45, 7) is 4.57. The van der Waals surface area contributed by atoms with Crippen molar-refractivity contribution in [2.75, 3.05) is 39.6 Å². The Balaban J connectivity index is 5.48. The molecule has 0 aliphatic carbocycles. The van der Waals surface area contributed by atoms with E-state index in [1.165, 1.54) is 83.5 Å². The van der Waals surface area contributed by atoms with Gasteiger partial charge in [-0.05, 0) is 154 Å². The molecule has 0 aromatic carbocycles. The van der Waals surface area contributed by atoms with Crippen molar-refractivity contribution in [3.05, 3.63) is 146 Å². The van der Waals surface area contributed by atoms with Gasteiger partial charge in [-0.2, -0.15) is 0 Å². The van der Waals surface area contributed by atoms with Gasteiger partial charge in [-0.25, -0.2) is 9.13 Å². The Hall–Kier alpha value is -5.06. The fraction of sp³-hybridized carbons (Fsp3) is 0.678. The molecule has 0 radical (unpaired) electrons. The number of phosphoric ester groups is 2. The molecule has 2 unspecified atom stereocenters. The summed E-state index contributed by atoms with van der Waals surface area (Å²) in [5.41, 5.74) is 0. The Morgan fingerprint density at radius 2 is 0.519 bits per heavy atom. The lowest BCUT2D eigenvalue weighted by atomic mass is 10.1. The number of allylic oxidation sites excluding steroid dienone is 24. The first kappa shape index (κ1) is 101. The minimum absolute atomic E-state index is 0.0303. The number of rotatable bonds is 76. The fourth-order valence-electron chi connectivity index (χ4n) is 10.5. The van der Waals surface area contributed by atoms with Crippen LogP contribution in [0.3, 0.4) is 0 Å². The molecule has 106 heavy (non-hydrogen) atoms. The number of aliphatic hydroxyl groups excluding tert-OH is 1. The van der Waals surface area contributed by atoms with E-state index in [0.29, 0.717) is 38.5 Å². The summed E-state index contributed by atoms with van der Waals surface area (Å²) in [6, 6.07) is 0. The lowest BCUT2D eigenvalue weighted by molar-refractivity contribution is -0.161. The zero-order valence-corrected chi connectivity index (χ0v) is 68.1. The topological polar surface area (TPSA) is 237 Å². The summed E-state index contributed by atoms with van der Waals surface area (Å²) in [4.78, 5) is 73.1. The number of esters is 4. The van der Waals surface area contributed by atoms with Gasteiger partial charge in [0.2, 0.25) is 0 Å². The molecular weight excluding hydrogens is 1380 g/mol. The van der Waals surface area contributed by atoms with Crippen molar-refractivity contribution in [1.82, 2.24) is 0 Å². The second-order valence-corrected chi connectivity index (χ2v) is 29.9. The van der Waals surface area contributed by atoms with Crippen molar-refractivity contribution < 1.29 is 80.2 Å². The maximum absolute atomic E-state index is 13.1. The van der Waals surface area contributed by atoms with Crippen molar-refractivity contribution in [1.29, 1.82) is 0 Å². The largest absolute Gasteiger partial charge is 0.472 e. The standard InChI is InChI=1S/C87H146O17P2/c1-5-9-13-17-21-25-29-33-37-39-40-42-46-48-52-56-60-64-68-72-85(90)98-78-83(104-87(92)74-70-66-62-58-54-50-44-36-32-28-24-20-16-12-8-4)80-102-106(95,96)100-76-81(88)75-99-105(93,94)101-79-82(103-86(91)73-69-65-61-57-53-49-43-35-31-27-23-19-15-11-7-3)77-97-84(89)71-67-63-59-55-51-47-45-41-38-34-30-26-22-18-14-10-6-2/h9,13,21-22,25-27,31,33-34,36-38,40,42,44-45,47-48,52,55,59-60,64,81-83,88H,5-8,10-12,14-20,23-24,28-30,32,35,39,41,43,46,49-51,53-54,56-58,61-63,65-80H2,1-4H3,(H,93,94)(H,95,96)/b13-9-,25-21-,26-22-,31-27-,37-33-,38-34-,42-40-,44-36-,47-45-,52-48-,59-55-,64-60-/t81-,82+,83+/m0/s1. The molecule has 0 aromatic heterocycles. The van der Waals surface area contributed by atoms with Gasteiger partial charge in [0.05, 0.1) is 26.4 Å². The van der Waals surface area contributed by atoms with Crippen LogP contribution < -0.4 is 0 Å². The second-order valence-electron chi connectivity index (χ2n) is 27.0. The number of carbonyl (C=O) groups is 4. The lowest BCUT2D eigenvalue weighted by Crippen LogP contribution is -2.30. The van der Waals surface area contributed by atoms with E-state index in [4.69, 9.17) is 37.0 Å². The Labute approximate surface area is 643 Å². The quantitative estimate of drug-likeness (QED) is 0.0169. The highest BCUT2D eigenvalue weighted by molar-refractivity contribution is 7.47. The number of hydrogen-bond acceptors (Lipinski definition) is 15. The van der Waals surface area contributed by atoms with E-state index in [0.717, 1.165) is 148 Å². The van der Waals surface area contributed by atoms with Crippen molar-refractivity contribution in [2.45, 2.75) is 341 Å². The van der Waals surface area contributed by atoms with Crippen LogP contribution in [0.15, 0.2) is 146 Å². The predicted molar refractivity (Wildman–Crippen MR) is 436 cm³/mol. The molecule has 0 rings (SSSR count). The van der Waals surface area contributed by atoms with Crippen LogP contribution in [-0.2, 0) is 65.4 Å². The predicted octanol–water partition coefficient (Wildman–Crippen LogP) is 24.2. The fourth-order valence-corrected chi connectivity index (χ4v) is 12.1. The molecule has 17 nitrogen and oxygen atoms in total. The first-order chi connectivity index (χ1) is 51.7. The van der Waals surface area contributed by atoms with Gasteiger partial charge in [0.25, 0.3) is 0 Å². The molecule has 0 fully saturated rings. The van der Waals surface area contributed by atoms with Gasteiger partial charge in [-0.1, -0.05) is 289 Å². The van der Waals surface area contributed by atoms with E-state index in [1.54, 1.807) is 0 Å². The van der Waals surface area contributed by atoms with Crippen molar-refractivity contribution in [2.24, 2.45) is 0 Å². The highest BCUT2D eigenvalue weighted by atomic mass is 31.2. The van der Waals surface area contributed by atoms with Crippen LogP contribution in [0, 0.1) is 0 Å². The van der Waals surface area contributed by atoms with Crippen LogP contribution in [0.1, 0.15) is 323 Å². The smallest absolute Gasteiger partial charge is 0.462 e.